The number of aldehydes is 1. The van der Waals surface area contributed by atoms with Crippen LogP contribution in [0.4, 0.5) is 0 Å². The van der Waals surface area contributed by atoms with Crippen LogP contribution in [-0.4, -0.2) is 18.4 Å². The van der Waals surface area contributed by atoms with E-state index in [0.29, 0.717) is 12.8 Å². The predicted molar refractivity (Wildman–Crippen MR) is 133 cm³/mol. The molecule has 0 aliphatic heterocycles. The maximum Gasteiger partial charge on any atom is 0.306 e. The highest BCUT2D eigenvalue weighted by molar-refractivity contribution is 5.69. The van der Waals surface area contributed by atoms with Crippen LogP contribution in [0.25, 0.3) is 0 Å². The molecule has 0 aliphatic rings. The molecule has 1 unspecified atom stereocenters. The molecule has 0 fully saturated rings. The third-order valence-electron chi connectivity index (χ3n) is 6.27. The zero-order chi connectivity index (χ0) is 22.8. The lowest BCUT2D eigenvalue weighted by Gasteiger charge is -2.15. The van der Waals surface area contributed by atoms with Crippen LogP contribution in [0, 0.1) is 0 Å². The third kappa shape index (κ3) is 23.6. The quantitative estimate of drug-likeness (QED) is 0.0810. The molecule has 0 bridgehead atoms. The Kier molecular flexibility index (Phi) is 24.7. The molecular formula is C28H54O3. The largest absolute Gasteiger partial charge is 0.462 e. The molecule has 184 valence electrons. The topological polar surface area (TPSA) is 43.4 Å². The van der Waals surface area contributed by atoms with Gasteiger partial charge in [-0.15, -0.1) is 0 Å². The van der Waals surface area contributed by atoms with Gasteiger partial charge in [0.1, 0.15) is 12.4 Å². The van der Waals surface area contributed by atoms with Crippen molar-refractivity contribution >= 4 is 12.3 Å². The molecule has 0 heterocycles. The molecule has 3 nitrogen and oxygen atoms in total. The normalized spacial score (nSPS) is 12.1. The van der Waals surface area contributed by atoms with E-state index in [0.717, 1.165) is 32.0 Å². The SMILES string of the molecule is CCCCCCCCCCCCCC(=O)OC(CC=O)CCCCCCCCCCC. The monoisotopic (exact) mass is 438 g/mol. The number of unbranched alkanes of at least 4 members (excludes halogenated alkanes) is 18. The van der Waals surface area contributed by atoms with Gasteiger partial charge in [0.15, 0.2) is 0 Å². The lowest BCUT2D eigenvalue weighted by molar-refractivity contribution is -0.150. The number of hydrogen-bond acceptors (Lipinski definition) is 3. The van der Waals surface area contributed by atoms with E-state index in [1.54, 1.807) is 0 Å². The smallest absolute Gasteiger partial charge is 0.306 e. The molecule has 0 aromatic carbocycles. The molecule has 0 saturated heterocycles. The first kappa shape index (κ1) is 30.1. The van der Waals surface area contributed by atoms with Gasteiger partial charge in [-0.1, -0.05) is 129 Å². The molecule has 0 aromatic rings. The van der Waals surface area contributed by atoms with Gasteiger partial charge in [0, 0.05) is 12.8 Å². The second-order valence-electron chi connectivity index (χ2n) is 9.42. The minimum absolute atomic E-state index is 0.112. The standard InChI is InChI=1S/C28H54O3/c1-3-5-7-9-11-13-14-16-18-20-22-24-28(30)31-27(25-26-29)23-21-19-17-15-12-10-8-6-4-2/h26-27H,3-25H2,1-2H3. The van der Waals surface area contributed by atoms with Crippen molar-refractivity contribution in [2.75, 3.05) is 0 Å². The summed E-state index contributed by atoms with van der Waals surface area (Å²) in [6, 6.07) is 0. The van der Waals surface area contributed by atoms with Crippen LogP contribution in [0.1, 0.15) is 162 Å². The van der Waals surface area contributed by atoms with Gasteiger partial charge in [-0.2, -0.15) is 0 Å². The van der Waals surface area contributed by atoms with Crippen molar-refractivity contribution in [3.63, 3.8) is 0 Å². The lowest BCUT2D eigenvalue weighted by Crippen LogP contribution is -2.18. The summed E-state index contributed by atoms with van der Waals surface area (Å²) in [4.78, 5) is 23.0. The van der Waals surface area contributed by atoms with Crippen molar-refractivity contribution in [2.24, 2.45) is 0 Å². The van der Waals surface area contributed by atoms with Crippen LogP contribution in [0.3, 0.4) is 0 Å². The first-order valence-electron chi connectivity index (χ1n) is 13.9. The molecule has 1 atom stereocenters. The summed E-state index contributed by atoms with van der Waals surface area (Å²) < 4.78 is 5.58. The fourth-order valence-corrected chi connectivity index (χ4v) is 4.19. The van der Waals surface area contributed by atoms with E-state index in [1.807, 2.05) is 0 Å². The average Bonchev–Trinajstić information content (AvgIpc) is 2.76. The summed E-state index contributed by atoms with van der Waals surface area (Å²) >= 11 is 0. The predicted octanol–water partition coefficient (Wildman–Crippen LogP) is 9.11. The third-order valence-corrected chi connectivity index (χ3v) is 6.27. The molecule has 0 saturated carbocycles. The minimum atomic E-state index is -0.206. The Hall–Kier alpha value is -0.860. The van der Waals surface area contributed by atoms with E-state index in [-0.39, 0.29) is 12.1 Å². The van der Waals surface area contributed by atoms with Gasteiger partial charge >= 0.3 is 5.97 Å². The summed E-state index contributed by atoms with van der Waals surface area (Å²) in [6.45, 7) is 4.51. The Labute approximate surface area is 194 Å². The first-order valence-corrected chi connectivity index (χ1v) is 13.9. The Bertz CT molecular complexity index is 380. The van der Waals surface area contributed by atoms with Crippen LogP contribution in [0.15, 0.2) is 0 Å². The number of esters is 1. The van der Waals surface area contributed by atoms with E-state index in [9.17, 15) is 9.59 Å². The highest BCUT2D eigenvalue weighted by Crippen LogP contribution is 2.16. The number of carbonyl (C=O) groups is 2. The second-order valence-corrected chi connectivity index (χ2v) is 9.42. The molecule has 0 spiro atoms. The van der Waals surface area contributed by atoms with E-state index in [4.69, 9.17) is 4.74 Å². The Morgan fingerprint density at radius 3 is 1.42 bits per heavy atom. The van der Waals surface area contributed by atoms with Gasteiger partial charge in [-0.25, -0.2) is 0 Å². The summed E-state index contributed by atoms with van der Waals surface area (Å²) in [6.07, 6.45) is 28.0. The molecule has 0 aliphatic carbocycles. The maximum absolute atomic E-state index is 12.1. The average molecular weight is 439 g/mol. The van der Waals surface area contributed by atoms with Crippen LogP contribution in [0.5, 0.6) is 0 Å². The van der Waals surface area contributed by atoms with Gasteiger partial charge < -0.3 is 9.53 Å². The van der Waals surface area contributed by atoms with Crippen molar-refractivity contribution in [3.8, 4) is 0 Å². The summed E-state index contributed by atoms with van der Waals surface area (Å²) in [5.74, 6) is -0.112. The zero-order valence-electron chi connectivity index (χ0n) is 21.1. The molecule has 0 aromatic heterocycles. The van der Waals surface area contributed by atoms with Gasteiger partial charge in [-0.05, 0) is 19.3 Å². The van der Waals surface area contributed by atoms with E-state index in [1.165, 1.54) is 109 Å². The molecule has 0 radical (unpaired) electrons. The first-order chi connectivity index (χ1) is 15.2. The molecule has 31 heavy (non-hydrogen) atoms. The van der Waals surface area contributed by atoms with Crippen LogP contribution in [0.2, 0.25) is 0 Å². The van der Waals surface area contributed by atoms with Crippen LogP contribution < -0.4 is 0 Å². The minimum Gasteiger partial charge on any atom is -0.462 e. The fraction of sp³-hybridized carbons (Fsp3) is 0.929. The van der Waals surface area contributed by atoms with Crippen molar-refractivity contribution in [1.82, 2.24) is 0 Å². The van der Waals surface area contributed by atoms with Crippen molar-refractivity contribution in [2.45, 2.75) is 168 Å². The Balaban J connectivity index is 3.58. The van der Waals surface area contributed by atoms with E-state index >= 15 is 0 Å². The van der Waals surface area contributed by atoms with Crippen molar-refractivity contribution in [1.29, 1.82) is 0 Å². The summed E-state index contributed by atoms with van der Waals surface area (Å²) in [5, 5.41) is 0. The highest BCUT2D eigenvalue weighted by Gasteiger charge is 2.13. The maximum atomic E-state index is 12.1. The second kappa shape index (κ2) is 25.4. The molecular weight excluding hydrogens is 384 g/mol. The van der Waals surface area contributed by atoms with E-state index < -0.39 is 0 Å². The molecule has 3 heteroatoms. The summed E-state index contributed by atoms with van der Waals surface area (Å²) in [5.41, 5.74) is 0. The van der Waals surface area contributed by atoms with Crippen LogP contribution in [-0.2, 0) is 14.3 Å². The number of hydrogen-bond donors (Lipinski definition) is 0. The Morgan fingerprint density at radius 2 is 1.00 bits per heavy atom. The highest BCUT2D eigenvalue weighted by atomic mass is 16.5. The van der Waals surface area contributed by atoms with Gasteiger partial charge in [-0.3, -0.25) is 4.79 Å². The van der Waals surface area contributed by atoms with Gasteiger partial charge in [0.25, 0.3) is 0 Å². The van der Waals surface area contributed by atoms with Crippen LogP contribution >= 0.6 is 0 Å². The number of ether oxygens (including phenoxy) is 1. The lowest BCUT2D eigenvalue weighted by atomic mass is 10.0. The number of rotatable bonds is 25. The number of carbonyl (C=O) groups excluding carboxylic acids is 2. The molecule has 0 amide bonds. The van der Waals surface area contributed by atoms with Crippen molar-refractivity contribution < 1.29 is 14.3 Å². The summed E-state index contributed by atoms with van der Waals surface area (Å²) in [7, 11) is 0. The molecule has 0 rings (SSSR count). The molecule has 0 N–H and O–H groups in total. The van der Waals surface area contributed by atoms with Gasteiger partial charge in [0.05, 0.1) is 0 Å². The van der Waals surface area contributed by atoms with Gasteiger partial charge in [0.2, 0.25) is 0 Å². The van der Waals surface area contributed by atoms with Crippen molar-refractivity contribution in [3.05, 3.63) is 0 Å². The zero-order valence-corrected chi connectivity index (χ0v) is 21.1. The van der Waals surface area contributed by atoms with E-state index in [2.05, 4.69) is 13.8 Å². The fourth-order valence-electron chi connectivity index (χ4n) is 4.19. The Morgan fingerprint density at radius 1 is 0.613 bits per heavy atom.